The smallest absolute Gasteiger partial charge is 0.00771 e. The van der Waals surface area contributed by atoms with Gasteiger partial charge in [-0.2, -0.15) is 0 Å². The van der Waals surface area contributed by atoms with Gasteiger partial charge in [-0.1, -0.05) is 49.5 Å². The Morgan fingerprint density at radius 3 is 1.26 bits per heavy atom. The molecule has 0 aromatic heterocycles. The van der Waals surface area contributed by atoms with Crippen molar-refractivity contribution in [1.82, 2.24) is 0 Å². The molecule has 4 aliphatic carbocycles. The third-order valence-corrected chi connectivity index (χ3v) is 10.0. The molecule has 0 aromatic rings. The van der Waals surface area contributed by atoms with Gasteiger partial charge in [0.15, 0.2) is 0 Å². The van der Waals surface area contributed by atoms with Crippen molar-refractivity contribution >= 4 is 7.92 Å². The molecule has 0 spiro atoms. The second-order valence-corrected chi connectivity index (χ2v) is 14.1. The Kier molecular flexibility index (Phi) is 3.19. The first-order valence-electron chi connectivity index (χ1n) is 8.41. The van der Waals surface area contributed by atoms with Crippen molar-refractivity contribution in [2.45, 2.75) is 95.5 Å². The summed E-state index contributed by atoms with van der Waals surface area (Å²) in [5.41, 5.74) is 0. The van der Waals surface area contributed by atoms with Crippen molar-refractivity contribution < 1.29 is 0 Å². The molecule has 0 heterocycles. The number of hydrogen-bond acceptors (Lipinski definition) is 0. The Bertz CT molecular complexity index is 306. The summed E-state index contributed by atoms with van der Waals surface area (Å²) in [6, 6.07) is 0. The minimum absolute atomic E-state index is 0.0831. The van der Waals surface area contributed by atoms with Crippen LogP contribution in [0.1, 0.15) is 80.1 Å². The molecule has 0 N–H and O–H groups in total. The molecule has 0 saturated heterocycles. The molecule has 19 heavy (non-hydrogen) atoms. The van der Waals surface area contributed by atoms with E-state index in [2.05, 4.69) is 41.5 Å². The van der Waals surface area contributed by atoms with E-state index in [1.54, 1.807) is 38.5 Å². The van der Waals surface area contributed by atoms with Gasteiger partial charge >= 0.3 is 0 Å². The number of hydrogen-bond donors (Lipinski definition) is 0. The largest absolute Gasteiger partial charge is 0.0892 e. The van der Waals surface area contributed by atoms with Gasteiger partial charge in [0.2, 0.25) is 0 Å². The molecule has 0 unspecified atom stereocenters. The minimum Gasteiger partial charge on any atom is -0.0892 e. The summed E-state index contributed by atoms with van der Waals surface area (Å²) < 4.78 is 0. The van der Waals surface area contributed by atoms with Gasteiger partial charge in [0, 0.05) is 0 Å². The Morgan fingerprint density at radius 1 is 0.684 bits per heavy atom. The molecule has 4 saturated carbocycles. The maximum absolute atomic E-state index is 2.53. The van der Waals surface area contributed by atoms with E-state index in [0.29, 0.717) is 10.3 Å². The van der Waals surface area contributed by atoms with Gasteiger partial charge in [0.05, 0.1) is 0 Å². The average Bonchev–Trinajstić information content (AvgIpc) is 2.07. The van der Waals surface area contributed by atoms with Crippen molar-refractivity contribution in [3.8, 4) is 0 Å². The fourth-order valence-corrected chi connectivity index (χ4v) is 12.9. The lowest BCUT2D eigenvalue weighted by molar-refractivity contribution is 0.0340. The summed E-state index contributed by atoms with van der Waals surface area (Å²) in [4.78, 5) is 0. The molecule has 0 radical (unpaired) electrons. The Balaban J connectivity index is 1.98. The van der Waals surface area contributed by atoms with E-state index >= 15 is 0 Å². The van der Waals surface area contributed by atoms with E-state index in [4.69, 9.17) is 0 Å². The lowest BCUT2D eigenvalue weighted by Crippen LogP contribution is -2.53. The maximum Gasteiger partial charge on any atom is -0.00771 e. The average molecular weight is 280 g/mol. The van der Waals surface area contributed by atoms with Crippen LogP contribution in [0.5, 0.6) is 0 Å². The van der Waals surface area contributed by atoms with Gasteiger partial charge in [-0.25, -0.2) is 0 Å². The van der Waals surface area contributed by atoms with Crippen molar-refractivity contribution in [2.24, 2.45) is 17.8 Å². The Labute approximate surface area is 121 Å². The topological polar surface area (TPSA) is 0 Å². The van der Waals surface area contributed by atoms with Gasteiger partial charge < -0.3 is 0 Å². The normalized spacial score (nSPS) is 42.2. The number of rotatable bonds is 1. The molecule has 4 aliphatic rings. The van der Waals surface area contributed by atoms with Gasteiger partial charge in [0.25, 0.3) is 0 Å². The highest BCUT2D eigenvalue weighted by molar-refractivity contribution is 7.62. The third kappa shape index (κ3) is 2.41. The highest BCUT2D eigenvalue weighted by Crippen LogP contribution is 2.76. The van der Waals surface area contributed by atoms with Gasteiger partial charge in [-0.3, -0.25) is 0 Å². The van der Waals surface area contributed by atoms with E-state index in [9.17, 15) is 0 Å². The summed E-state index contributed by atoms with van der Waals surface area (Å²) in [7, 11) is 0.0831. The van der Waals surface area contributed by atoms with Crippen molar-refractivity contribution in [3.05, 3.63) is 0 Å². The van der Waals surface area contributed by atoms with E-state index in [1.165, 1.54) is 0 Å². The van der Waals surface area contributed by atoms with Gasteiger partial charge in [0.1, 0.15) is 0 Å². The monoisotopic (exact) mass is 280 g/mol. The van der Waals surface area contributed by atoms with Crippen LogP contribution < -0.4 is 0 Å². The standard InChI is InChI=1S/C18H33P/c1-16(2,3)19(17(4,5)6)18-10-13-7-14(11-18)9-15(8-13)12-18/h13-15H,7-12H2,1-6H3. The van der Waals surface area contributed by atoms with Gasteiger partial charge in [-0.05, 0) is 71.7 Å². The molecular formula is C18H33P. The quantitative estimate of drug-likeness (QED) is 0.514. The van der Waals surface area contributed by atoms with Crippen LogP contribution >= 0.6 is 7.92 Å². The molecule has 0 atom stereocenters. The molecular weight excluding hydrogens is 247 g/mol. The predicted molar refractivity (Wildman–Crippen MR) is 87.3 cm³/mol. The summed E-state index contributed by atoms with van der Waals surface area (Å²) in [5, 5.41) is 1.78. The van der Waals surface area contributed by atoms with Crippen LogP contribution in [-0.2, 0) is 0 Å². The van der Waals surface area contributed by atoms with Crippen molar-refractivity contribution in [3.63, 3.8) is 0 Å². The second kappa shape index (κ2) is 4.22. The molecule has 4 bridgehead atoms. The van der Waals surface area contributed by atoms with Crippen LogP contribution in [-0.4, -0.2) is 15.5 Å². The zero-order valence-electron chi connectivity index (χ0n) is 13.9. The molecule has 110 valence electrons. The van der Waals surface area contributed by atoms with Crippen LogP contribution in [0.15, 0.2) is 0 Å². The minimum atomic E-state index is 0.0831. The first kappa shape index (κ1) is 14.4. The fraction of sp³-hybridized carbons (Fsp3) is 1.00. The van der Waals surface area contributed by atoms with Crippen LogP contribution in [0.2, 0.25) is 0 Å². The molecule has 0 aliphatic heterocycles. The molecule has 4 fully saturated rings. The molecule has 0 nitrogen and oxygen atoms in total. The lowest BCUT2D eigenvalue weighted by Gasteiger charge is -2.64. The van der Waals surface area contributed by atoms with Crippen molar-refractivity contribution in [1.29, 1.82) is 0 Å². The summed E-state index contributed by atoms with van der Waals surface area (Å²) in [6.07, 6.45) is 9.49. The SMILES string of the molecule is CC(C)(C)P(C(C)(C)C)C12CC3CC(CC(C3)C1)C2. The highest BCUT2D eigenvalue weighted by Gasteiger charge is 2.58. The fourth-order valence-electron chi connectivity index (χ4n) is 6.77. The zero-order chi connectivity index (χ0) is 14.1. The molecule has 4 rings (SSSR count). The summed E-state index contributed by atoms with van der Waals surface area (Å²) >= 11 is 0. The van der Waals surface area contributed by atoms with Crippen LogP contribution in [0.4, 0.5) is 0 Å². The Hall–Kier alpha value is 0.430. The summed E-state index contributed by atoms with van der Waals surface area (Å²) in [6.45, 7) is 15.2. The van der Waals surface area contributed by atoms with E-state index in [0.717, 1.165) is 22.9 Å². The first-order chi connectivity index (χ1) is 8.60. The molecule has 0 amide bonds. The molecule has 1 heteroatoms. The first-order valence-corrected chi connectivity index (χ1v) is 9.75. The van der Waals surface area contributed by atoms with Crippen LogP contribution in [0, 0.1) is 17.8 Å². The van der Waals surface area contributed by atoms with Gasteiger partial charge in [-0.15, -0.1) is 0 Å². The lowest BCUT2D eigenvalue weighted by atomic mass is 9.56. The van der Waals surface area contributed by atoms with Crippen LogP contribution in [0.3, 0.4) is 0 Å². The molecule has 0 aromatic carbocycles. The second-order valence-electron chi connectivity index (χ2n) is 9.82. The summed E-state index contributed by atoms with van der Waals surface area (Å²) in [5.74, 6) is 3.29. The zero-order valence-corrected chi connectivity index (χ0v) is 14.8. The third-order valence-electron chi connectivity index (χ3n) is 5.82. The Morgan fingerprint density at radius 2 is 1.00 bits per heavy atom. The van der Waals surface area contributed by atoms with Crippen molar-refractivity contribution in [2.75, 3.05) is 0 Å². The maximum atomic E-state index is 2.53. The van der Waals surface area contributed by atoms with E-state index in [-0.39, 0.29) is 7.92 Å². The van der Waals surface area contributed by atoms with Crippen LogP contribution in [0.25, 0.3) is 0 Å². The predicted octanol–water partition coefficient (Wildman–Crippen LogP) is 6.03. The van der Waals surface area contributed by atoms with E-state index < -0.39 is 0 Å². The van der Waals surface area contributed by atoms with E-state index in [1.807, 2.05) is 0 Å². The highest BCUT2D eigenvalue weighted by atomic mass is 31.1.